The Kier molecular flexibility index (Phi) is 11.5. The third-order valence-corrected chi connectivity index (χ3v) is 7.29. The molecule has 9 heteroatoms. The molecule has 0 aliphatic rings. The molecule has 0 aliphatic carbocycles. The van der Waals surface area contributed by atoms with Crippen LogP contribution in [0.4, 0.5) is 16.2 Å². The molecule has 0 atom stereocenters. The number of anilines is 1. The van der Waals surface area contributed by atoms with E-state index >= 15 is 0 Å². The molecule has 0 heterocycles. The highest BCUT2D eigenvalue weighted by molar-refractivity contribution is 5.76. The molecular weight excluding hydrogens is 582 g/mol. The lowest BCUT2D eigenvalue weighted by molar-refractivity contribution is -0.385. The van der Waals surface area contributed by atoms with Gasteiger partial charge in [0.1, 0.15) is 11.4 Å². The molecule has 0 aromatic heterocycles. The number of unbranched alkanes of at least 4 members (excludes halogenated alkanes) is 1. The summed E-state index contributed by atoms with van der Waals surface area (Å²) in [6, 6.07) is 30.2. The van der Waals surface area contributed by atoms with Gasteiger partial charge in [-0.2, -0.15) is 0 Å². The molecule has 0 bridgehead atoms. The second kappa shape index (κ2) is 15.7. The molecular formula is C37H41N3O6. The lowest BCUT2D eigenvalue weighted by Crippen LogP contribution is -2.26. The van der Waals surface area contributed by atoms with Crippen molar-refractivity contribution in [3.05, 3.63) is 124 Å². The van der Waals surface area contributed by atoms with Gasteiger partial charge in [0.2, 0.25) is 5.91 Å². The molecule has 9 nitrogen and oxygen atoms in total. The fourth-order valence-corrected chi connectivity index (χ4v) is 4.98. The first-order chi connectivity index (χ1) is 22.0. The van der Waals surface area contributed by atoms with Crippen LogP contribution in [0.25, 0.3) is 11.1 Å². The van der Waals surface area contributed by atoms with Gasteiger partial charge in [0.25, 0.3) is 5.69 Å². The second-order valence-electron chi connectivity index (χ2n) is 12.2. The van der Waals surface area contributed by atoms with Crippen molar-refractivity contribution in [1.82, 2.24) is 5.32 Å². The standard InChI is InChI=1S/C37H41N3O6/c1-37(2,3)46-36(42)45-34-16-10-9-15-32(34)29-20-18-27(19-21-29)25-38-35(41)17-11-8-14-30-24-31(22-23-33(30)40(43)44)39(4)26-28-12-6-5-7-13-28/h5-7,9-10,12-13,15-16,18-24H,8,11,14,17,25-26H2,1-4H3,(H,38,41). The number of amides is 1. The number of nitro benzene ring substituents is 1. The highest BCUT2D eigenvalue weighted by Crippen LogP contribution is 2.31. The number of hydrogen-bond acceptors (Lipinski definition) is 7. The van der Waals surface area contributed by atoms with Gasteiger partial charge < -0.3 is 19.7 Å². The van der Waals surface area contributed by atoms with Gasteiger partial charge in [0.15, 0.2) is 0 Å². The fraction of sp³-hybridized carbons (Fsp3) is 0.297. The zero-order valence-electron chi connectivity index (χ0n) is 26.8. The summed E-state index contributed by atoms with van der Waals surface area (Å²) in [6.07, 6.45) is 1.34. The van der Waals surface area contributed by atoms with E-state index in [0.29, 0.717) is 50.1 Å². The topological polar surface area (TPSA) is 111 Å². The van der Waals surface area contributed by atoms with Gasteiger partial charge in [-0.25, -0.2) is 4.79 Å². The van der Waals surface area contributed by atoms with Crippen molar-refractivity contribution in [2.75, 3.05) is 11.9 Å². The number of para-hydroxylation sites is 1. The molecule has 0 saturated carbocycles. The van der Waals surface area contributed by atoms with Gasteiger partial charge in [0, 0.05) is 49.4 Å². The molecule has 0 unspecified atom stereocenters. The molecule has 0 fully saturated rings. The molecule has 4 aromatic carbocycles. The van der Waals surface area contributed by atoms with Crippen LogP contribution in [0, 0.1) is 10.1 Å². The molecule has 4 aromatic rings. The molecule has 46 heavy (non-hydrogen) atoms. The van der Waals surface area contributed by atoms with Crippen molar-refractivity contribution >= 4 is 23.4 Å². The van der Waals surface area contributed by atoms with E-state index in [0.717, 1.165) is 27.9 Å². The maximum atomic E-state index is 12.6. The van der Waals surface area contributed by atoms with Crippen LogP contribution in [-0.4, -0.2) is 29.6 Å². The molecule has 0 radical (unpaired) electrons. The summed E-state index contributed by atoms with van der Waals surface area (Å²) in [7, 11) is 1.97. The molecule has 1 amide bonds. The first kappa shape index (κ1) is 33.7. The van der Waals surface area contributed by atoms with Crippen LogP contribution in [-0.2, 0) is 29.0 Å². The van der Waals surface area contributed by atoms with Gasteiger partial charge in [-0.15, -0.1) is 0 Å². The molecule has 0 aliphatic heterocycles. The molecule has 4 rings (SSSR count). The van der Waals surface area contributed by atoms with Gasteiger partial charge in [0.05, 0.1) is 4.92 Å². The number of nitrogens with one attached hydrogen (secondary N) is 1. The summed E-state index contributed by atoms with van der Waals surface area (Å²) >= 11 is 0. The molecule has 240 valence electrons. The zero-order chi connectivity index (χ0) is 33.1. The Morgan fingerprint density at radius 1 is 0.870 bits per heavy atom. The van der Waals surface area contributed by atoms with Crippen LogP contribution in [0.15, 0.2) is 97.1 Å². The summed E-state index contributed by atoms with van der Waals surface area (Å²) in [5.74, 6) is 0.320. The van der Waals surface area contributed by atoms with Gasteiger partial charge in [-0.3, -0.25) is 14.9 Å². The van der Waals surface area contributed by atoms with Crippen molar-refractivity contribution in [3.63, 3.8) is 0 Å². The fourth-order valence-electron chi connectivity index (χ4n) is 4.98. The molecule has 1 N–H and O–H groups in total. The Balaban J connectivity index is 1.26. The highest BCUT2D eigenvalue weighted by atomic mass is 16.7. The summed E-state index contributed by atoms with van der Waals surface area (Å²) in [4.78, 5) is 38.2. The summed E-state index contributed by atoms with van der Waals surface area (Å²) in [5.41, 5.74) is 4.70. The summed E-state index contributed by atoms with van der Waals surface area (Å²) < 4.78 is 10.7. The number of hydrogen-bond donors (Lipinski definition) is 1. The van der Waals surface area contributed by atoms with Crippen molar-refractivity contribution in [1.29, 1.82) is 0 Å². The number of ether oxygens (including phenoxy) is 2. The van der Waals surface area contributed by atoms with Crippen LogP contribution < -0.4 is 15.0 Å². The van der Waals surface area contributed by atoms with Crippen LogP contribution in [0.2, 0.25) is 0 Å². The van der Waals surface area contributed by atoms with Crippen LogP contribution in [0.3, 0.4) is 0 Å². The Labute approximate surface area is 270 Å². The van der Waals surface area contributed by atoms with Crippen LogP contribution >= 0.6 is 0 Å². The summed E-state index contributed by atoms with van der Waals surface area (Å²) in [5, 5.41) is 14.6. The Hall–Kier alpha value is -5.18. The molecule has 0 spiro atoms. The predicted molar refractivity (Wildman–Crippen MR) is 180 cm³/mol. The smallest absolute Gasteiger partial charge is 0.428 e. The zero-order valence-corrected chi connectivity index (χ0v) is 26.8. The number of carbonyl (C=O) groups is 2. The van der Waals surface area contributed by atoms with Gasteiger partial charge >= 0.3 is 6.16 Å². The van der Waals surface area contributed by atoms with Crippen molar-refractivity contribution in [2.24, 2.45) is 0 Å². The molecule has 0 saturated heterocycles. The monoisotopic (exact) mass is 623 g/mol. The number of carbonyl (C=O) groups excluding carboxylic acids is 2. The average molecular weight is 624 g/mol. The quantitative estimate of drug-likeness (QED) is 0.0525. The second-order valence-corrected chi connectivity index (χ2v) is 12.2. The van der Waals surface area contributed by atoms with Crippen molar-refractivity contribution in [3.8, 4) is 16.9 Å². The van der Waals surface area contributed by atoms with E-state index in [-0.39, 0.29) is 16.5 Å². The summed E-state index contributed by atoms with van der Waals surface area (Å²) in [6.45, 7) is 6.39. The number of nitro groups is 1. The lowest BCUT2D eigenvalue weighted by atomic mass is 10.0. The predicted octanol–water partition coefficient (Wildman–Crippen LogP) is 8.24. The number of aryl methyl sites for hydroxylation is 1. The van der Waals surface area contributed by atoms with E-state index in [9.17, 15) is 19.7 Å². The van der Waals surface area contributed by atoms with Crippen molar-refractivity contribution < 1.29 is 24.0 Å². The first-order valence-corrected chi connectivity index (χ1v) is 15.4. The van der Waals surface area contributed by atoms with Crippen LogP contribution in [0.5, 0.6) is 5.75 Å². The van der Waals surface area contributed by atoms with Crippen LogP contribution in [0.1, 0.15) is 56.7 Å². The third-order valence-electron chi connectivity index (χ3n) is 7.29. The average Bonchev–Trinajstić information content (AvgIpc) is 3.02. The normalized spacial score (nSPS) is 11.0. The Morgan fingerprint density at radius 3 is 2.26 bits per heavy atom. The third kappa shape index (κ3) is 10.2. The minimum absolute atomic E-state index is 0.0778. The van der Waals surface area contributed by atoms with Crippen molar-refractivity contribution in [2.45, 2.75) is 65.1 Å². The SMILES string of the molecule is CN(Cc1ccccc1)c1ccc([N+](=O)[O-])c(CCCCC(=O)NCc2ccc(-c3ccccc3OC(=O)OC(C)(C)C)cc2)c1. The Morgan fingerprint density at radius 2 is 1.57 bits per heavy atom. The largest absolute Gasteiger partial charge is 0.514 e. The maximum Gasteiger partial charge on any atom is 0.514 e. The van der Waals surface area contributed by atoms with E-state index < -0.39 is 11.8 Å². The number of nitrogens with zero attached hydrogens (tertiary/aromatic N) is 2. The van der Waals surface area contributed by atoms with E-state index in [4.69, 9.17) is 9.47 Å². The van der Waals surface area contributed by atoms with E-state index in [1.165, 1.54) is 0 Å². The maximum absolute atomic E-state index is 12.6. The highest BCUT2D eigenvalue weighted by Gasteiger charge is 2.20. The van der Waals surface area contributed by atoms with Gasteiger partial charge in [-0.05, 0) is 74.9 Å². The van der Waals surface area contributed by atoms with E-state index in [1.807, 2.05) is 67.7 Å². The van der Waals surface area contributed by atoms with Gasteiger partial charge in [-0.1, -0.05) is 72.8 Å². The minimum atomic E-state index is -0.766. The Bertz CT molecular complexity index is 1630. The number of rotatable bonds is 13. The number of benzene rings is 4. The first-order valence-electron chi connectivity index (χ1n) is 15.4. The minimum Gasteiger partial charge on any atom is -0.428 e. The lowest BCUT2D eigenvalue weighted by Gasteiger charge is -2.20. The van der Waals surface area contributed by atoms with E-state index in [1.54, 1.807) is 45.0 Å². The van der Waals surface area contributed by atoms with E-state index in [2.05, 4.69) is 22.3 Å².